The summed E-state index contributed by atoms with van der Waals surface area (Å²) in [6, 6.07) is 5.29. The molecule has 0 bridgehead atoms. The summed E-state index contributed by atoms with van der Waals surface area (Å²) in [5.74, 6) is -11.5. The number of amides is 2. The van der Waals surface area contributed by atoms with Crippen LogP contribution in [0.15, 0.2) is 18.2 Å². The van der Waals surface area contributed by atoms with Gasteiger partial charge in [-0.15, -0.1) is 0 Å². The molecule has 0 aliphatic heterocycles. The number of ether oxygens (including phenoxy) is 1. The second-order valence-corrected chi connectivity index (χ2v) is 7.64. The van der Waals surface area contributed by atoms with Crippen molar-refractivity contribution in [3.8, 4) is 11.8 Å². The fourth-order valence-corrected chi connectivity index (χ4v) is 2.69. The number of carbonyl (C=O) groups is 2. The Morgan fingerprint density at radius 2 is 1.67 bits per heavy atom. The molecule has 12 heteroatoms. The normalized spacial score (nSPS) is 15.2. The van der Waals surface area contributed by atoms with Crippen LogP contribution in [0.5, 0.6) is 5.75 Å². The van der Waals surface area contributed by atoms with Gasteiger partial charge in [0.1, 0.15) is 11.3 Å². The highest BCUT2D eigenvalue weighted by Gasteiger charge is 2.67. The molecular formula is C18H17Cl2F5N2O3. The van der Waals surface area contributed by atoms with E-state index in [4.69, 9.17) is 27.9 Å². The average molecular weight is 475 g/mol. The van der Waals surface area contributed by atoms with Gasteiger partial charge in [0.2, 0.25) is 0 Å². The van der Waals surface area contributed by atoms with Crippen LogP contribution < -0.4 is 4.74 Å². The van der Waals surface area contributed by atoms with Crippen molar-refractivity contribution in [3.63, 3.8) is 0 Å². The predicted octanol–water partition coefficient (Wildman–Crippen LogP) is 5.25. The molecule has 0 aromatic heterocycles. The van der Waals surface area contributed by atoms with Gasteiger partial charge in [0.15, 0.2) is 6.10 Å². The first-order chi connectivity index (χ1) is 13.5. The van der Waals surface area contributed by atoms with Gasteiger partial charge in [0, 0.05) is 5.02 Å². The SMILES string of the molecule is CC(Oc1ccc(Cl)cc1Cl)C(=O)N(C(=O)C(F)(F)C(F)(F)F)C(C)(C#N)C(C)C. The molecule has 2 unspecified atom stereocenters. The van der Waals surface area contributed by atoms with Crippen molar-refractivity contribution in [1.29, 1.82) is 5.26 Å². The van der Waals surface area contributed by atoms with Crippen molar-refractivity contribution < 1.29 is 36.3 Å². The van der Waals surface area contributed by atoms with E-state index in [0.29, 0.717) is 0 Å². The fourth-order valence-electron chi connectivity index (χ4n) is 2.23. The lowest BCUT2D eigenvalue weighted by Gasteiger charge is -2.40. The van der Waals surface area contributed by atoms with Crippen molar-refractivity contribution in [2.24, 2.45) is 5.92 Å². The summed E-state index contributed by atoms with van der Waals surface area (Å²) >= 11 is 11.6. The van der Waals surface area contributed by atoms with E-state index in [1.165, 1.54) is 38.1 Å². The maximum Gasteiger partial charge on any atom is 0.463 e. The molecule has 5 nitrogen and oxygen atoms in total. The van der Waals surface area contributed by atoms with Gasteiger partial charge < -0.3 is 4.74 Å². The molecule has 30 heavy (non-hydrogen) atoms. The van der Waals surface area contributed by atoms with Gasteiger partial charge >= 0.3 is 18.0 Å². The van der Waals surface area contributed by atoms with Gasteiger partial charge in [-0.25, -0.2) is 0 Å². The Morgan fingerprint density at radius 3 is 2.07 bits per heavy atom. The molecule has 0 saturated carbocycles. The van der Waals surface area contributed by atoms with Crippen LogP contribution in [0, 0.1) is 17.2 Å². The smallest absolute Gasteiger partial charge is 0.463 e. The maximum atomic E-state index is 13.8. The van der Waals surface area contributed by atoms with E-state index in [9.17, 15) is 36.8 Å². The lowest BCUT2D eigenvalue weighted by atomic mass is 9.87. The Kier molecular flexibility index (Phi) is 7.72. The molecule has 0 N–H and O–H groups in total. The molecular weight excluding hydrogens is 458 g/mol. The lowest BCUT2D eigenvalue weighted by molar-refractivity contribution is -0.275. The number of rotatable bonds is 6. The molecule has 0 saturated heterocycles. The largest absolute Gasteiger partial charge is 0.479 e. The number of hydrogen-bond donors (Lipinski definition) is 0. The van der Waals surface area contributed by atoms with E-state index in [1.807, 2.05) is 0 Å². The van der Waals surface area contributed by atoms with E-state index < -0.39 is 41.5 Å². The van der Waals surface area contributed by atoms with Gasteiger partial charge in [0.25, 0.3) is 5.91 Å². The standard InChI is InChI=1S/C18H17Cl2F5N2O3/c1-9(2)16(4,8-26)27(15(29)17(21,22)18(23,24)25)14(28)10(3)30-13-6-5-11(19)7-12(13)20/h5-7,9-10H,1-4H3. The average Bonchev–Trinajstić information content (AvgIpc) is 2.62. The van der Waals surface area contributed by atoms with Crippen LogP contribution in [0.4, 0.5) is 22.0 Å². The summed E-state index contributed by atoms with van der Waals surface area (Å²) in [4.78, 5) is 24.6. The zero-order valence-electron chi connectivity index (χ0n) is 16.2. The van der Waals surface area contributed by atoms with Crippen LogP contribution in [-0.2, 0) is 9.59 Å². The first kappa shape index (κ1) is 25.9. The highest BCUT2D eigenvalue weighted by atomic mass is 35.5. The Hall–Kier alpha value is -2.12. The van der Waals surface area contributed by atoms with Crippen molar-refractivity contribution in [3.05, 3.63) is 28.2 Å². The highest BCUT2D eigenvalue weighted by Crippen LogP contribution is 2.40. The molecule has 0 aliphatic carbocycles. The third-order valence-corrected chi connectivity index (χ3v) is 4.94. The molecule has 166 valence electrons. The third-order valence-electron chi connectivity index (χ3n) is 4.41. The van der Waals surface area contributed by atoms with E-state index in [1.54, 1.807) is 0 Å². The van der Waals surface area contributed by atoms with Gasteiger partial charge in [0.05, 0.1) is 11.1 Å². The Labute approximate surface area is 179 Å². The maximum absolute atomic E-state index is 13.8. The topological polar surface area (TPSA) is 70.4 Å². The molecule has 1 aromatic carbocycles. The summed E-state index contributed by atoms with van der Waals surface area (Å²) in [7, 11) is 0. The molecule has 1 rings (SSSR count). The number of imide groups is 1. The molecule has 0 radical (unpaired) electrons. The first-order valence-corrected chi connectivity index (χ1v) is 9.12. The number of hydrogen-bond acceptors (Lipinski definition) is 4. The van der Waals surface area contributed by atoms with Crippen LogP contribution in [0.3, 0.4) is 0 Å². The van der Waals surface area contributed by atoms with E-state index >= 15 is 0 Å². The highest BCUT2D eigenvalue weighted by molar-refractivity contribution is 6.35. The van der Waals surface area contributed by atoms with Crippen molar-refractivity contribution >= 4 is 35.0 Å². The number of benzene rings is 1. The summed E-state index contributed by atoms with van der Waals surface area (Å²) in [5, 5.41) is 9.58. The van der Waals surface area contributed by atoms with Crippen molar-refractivity contribution in [2.75, 3.05) is 0 Å². The Morgan fingerprint density at radius 1 is 1.13 bits per heavy atom. The fraction of sp³-hybridized carbons (Fsp3) is 0.500. The number of alkyl halides is 5. The monoisotopic (exact) mass is 474 g/mol. The predicted molar refractivity (Wildman–Crippen MR) is 98.3 cm³/mol. The second-order valence-electron chi connectivity index (χ2n) is 6.80. The number of nitriles is 1. The summed E-state index contributed by atoms with van der Waals surface area (Å²) < 4.78 is 71.2. The number of carbonyl (C=O) groups excluding carboxylic acids is 2. The zero-order chi connectivity index (χ0) is 23.7. The molecule has 0 spiro atoms. The minimum absolute atomic E-state index is 0.0763. The first-order valence-electron chi connectivity index (χ1n) is 8.36. The van der Waals surface area contributed by atoms with Crippen LogP contribution in [0.2, 0.25) is 10.0 Å². The molecule has 1 aromatic rings. The third kappa shape index (κ3) is 4.95. The molecule has 2 atom stereocenters. The van der Waals surface area contributed by atoms with Gasteiger partial charge in [-0.2, -0.15) is 27.2 Å². The zero-order valence-corrected chi connectivity index (χ0v) is 17.7. The summed E-state index contributed by atoms with van der Waals surface area (Å²) in [6.07, 6.45) is -8.03. The lowest BCUT2D eigenvalue weighted by Crippen LogP contribution is -2.64. The van der Waals surface area contributed by atoms with Crippen molar-refractivity contribution in [1.82, 2.24) is 4.90 Å². The number of nitrogens with zero attached hydrogens (tertiary/aromatic N) is 2. The summed E-state index contributed by atoms with van der Waals surface area (Å²) in [6.45, 7) is 4.48. The van der Waals surface area contributed by atoms with Crippen LogP contribution in [0.1, 0.15) is 27.7 Å². The minimum Gasteiger partial charge on any atom is -0.479 e. The second kappa shape index (κ2) is 8.94. The Balaban J connectivity index is 3.45. The number of halogens is 7. The van der Waals surface area contributed by atoms with Gasteiger partial charge in [-0.1, -0.05) is 37.0 Å². The van der Waals surface area contributed by atoms with Gasteiger partial charge in [-0.3, -0.25) is 14.5 Å². The van der Waals surface area contributed by atoms with Crippen LogP contribution in [0.25, 0.3) is 0 Å². The van der Waals surface area contributed by atoms with E-state index in [2.05, 4.69) is 0 Å². The minimum atomic E-state index is -6.28. The van der Waals surface area contributed by atoms with Crippen LogP contribution >= 0.6 is 23.2 Å². The van der Waals surface area contributed by atoms with E-state index in [-0.39, 0.29) is 20.7 Å². The summed E-state index contributed by atoms with van der Waals surface area (Å²) in [5.41, 5.74) is -2.33. The molecule has 0 heterocycles. The van der Waals surface area contributed by atoms with Crippen molar-refractivity contribution in [2.45, 2.75) is 51.4 Å². The van der Waals surface area contributed by atoms with E-state index in [0.717, 1.165) is 13.8 Å². The Bertz CT molecular complexity index is 870. The molecule has 0 aliphatic rings. The van der Waals surface area contributed by atoms with Gasteiger partial charge in [-0.05, 0) is 38.0 Å². The molecule has 2 amide bonds. The quantitative estimate of drug-likeness (QED) is 0.527. The van der Waals surface area contributed by atoms with Crippen LogP contribution in [-0.4, -0.2) is 40.5 Å². The molecule has 0 fully saturated rings.